The molecule has 0 aromatic carbocycles. The fraction of sp³-hybridized carbons (Fsp3) is 0.889. The highest BCUT2D eigenvalue weighted by Crippen LogP contribution is 2.19. The molecule has 3 nitrogen and oxygen atoms in total. The standard InChI is InChI=1S/C9H20N2OS/c1-9(2,13-3)7-11-8(12)5-4-6-10/h4-7,10H2,1-3H3,(H,11,12). The molecule has 0 saturated heterocycles. The number of carbonyl (C=O) groups excluding carboxylic acids is 1. The van der Waals surface area contributed by atoms with Crippen molar-refractivity contribution in [3.05, 3.63) is 0 Å². The van der Waals surface area contributed by atoms with Gasteiger partial charge < -0.3 is 11.1 Å². The molecule has 13 heavy (non-hydrogen) atoms. The summed E-state index contributed by atoms with van der Waals surface area (Å²) >= 11 is 1.75. The van der Waals surface area contributed by atoms with Crippen LogP contribution in [-0.2, 0) is 4.79 Å². The largest absolute Gasteiger partial charge is 0.355 e. The highest BCUT2D eigenvalue weighted by atomic mass is 32.2. The minimum absolute atomic E-state index is 0.104. The molecular weight excluding hydrogens is 184 g/mol. The Morgan fingerprint density at radius 3 is 2.62 bits per heavy atom. The van der Waals surface area contributed by atoms with E-state index < -0.39 is 0 Å². The monoisotopic (exact) mass is 204 g/mol. The van der Waals surface area contributed by atoms with Gasteiger partial charge in [0.05, 0.1) is 0 Å². The summed E-state index contributed by atoms with van der Waals surface area (Å²) in [5, 5.41) is 2.89. The van der Waals surface area contributed by atoms with E-state index >= 15 is 0 Å². The predicted octanol–water partition coefficient (Wildman–Crippen LogP) is 0.983. The van der Waals surface area contributed by atoms with Crippen LogP contribution in [0.3, 0.4) is 0 Å². The molecule has 0 aromatic rings. The van der Waals surface area contributed by atoms with Crippen molar-refractivity contribution < 1.29 is 4.79 Å². The van der Waals surface area contributed by atoms with Gasteiger partial charge in [0, 0.05) is 17.7 Å². The van der Waals surface area contributed by atoms with Crippen LogP contribution in [-0.4, -0.2) is 30.0 Å². The average Bonchev–Trinajstić information content (AvgIpc) is 2.11. The van der Waals surface area contributed by atoms with Gasteiger partial charge in [0.1, 0.15) is 0 Å². The van der Waals surface area contributed by atoms with Gasteiger partial charge in [-0.05, 0) is 33.1 Å². The first-order valence-corrected chi connectivity index (χ1v) is 5.76. The van der Waals surface area contributed by atoms with Gasteiger partial charge in [-0.25, -0.2) is 0 Å². The van der Waals surface area contributed by atoms with Crippen LogP contribution in [0.2, 0.25) is 0 Å². The molecule has 0 fully saturated rings. The molecule has 0 aromatic heterocycles. The van der Waals surface area contributed by atoms with Crippen molar-refractivity contribution in [1.82, 2.24) is 5.32 Å². The Morgan fingerprint density at radius 1 is 1.54 bits per heavy atom. The minimum atomic E-state index is 0.104. The van der Waals surface area contributed by atoms with E-state index in [9.17, 15) is 4.79 Å². The molecule has 0 spiro atoms. The highest BCUT2D eigenvalue weighted by molar-refractivity contribution is 7.99. The second kappa shape index (κ2) is 6.27. The fourth-order valence-electron chi connectivity index (χ4n) is 0.735. The summed E-state index contributed by atoms with van der Waals surface area (Å²) in [6.07, 6.45) is 3.36. The molecule has 0 bridgehead atoms. The van der Waals surface area contributed by atoms with Crippen molar-refractivity contribution in [2.75, 3.05) is 19.3 Å². The Morgan fingerprint density at radius 2 is 2.15 bits per heavy atom. The maximum atomic E-state index is 11.2. The average molecular weight is 204 g/mol. The number of carbonyl (C=O) groups is 1. The van der Waals surface area contributed by atoms with Crippen LogP contribution >= 0.6 is 11.8 Å². The van der Waals surface area contributed by atoms with Gasteiger partial charge in [0.25, 0.3) is 0 Å². The van der Waals surface area contributed by atoms with E-state index in [0.717, 1.165) is 13.0 Å². The summed E-state index contributed by atoms with van der Waals surface area (Å²) in [7, 11) is 0. The van der Waals surface area contributed by atoms with Gasteiger partial charge in [0.2, 0.25) is 5.91 Å². The van der Waals surface area contributed by atoms with Crippen LogP contribution in [0.1, 0.15) is 26.7 Å². The van der Waals surface area contributed by atoms with Crippen LogP contribution in [0, 0.1) is 0 Å². The molecular formula is C9H20N2OS. The lowest BCUT2D eigenvalue weighted by Gasteiger charge is -2.22. The van der Waals surface area contributed by atoms with Gasteiger partial charge >= 0.3 is 0 Å². The number of nitrogens with one attached hydrogen (secondary N) is 1. The van der Waals surface area contributed by atoms with Crippen LogP contribution < -0.4 is 11.1 Å². The van der Waals surface area contributed by atoms with Gasteiger partial charge in [0.15, 0.2) is 0 Å². The lowest BCUT2D eigenvalue weighted by Crippen LogP contribution is -2.36. The minimum Gasteiger partial charge on any atom is -0.355 e. The van der Waals surface area contributed by atoms with Gasteiger partial charge in [-0.2, -0.15) is 11.8 Å². The molecule has 0 unspecified atom stereocenters. The Labute approximate surface area is 84.8 Å². The third-order valence-electron chi connectivity index (χ3n) is 1.87. The molecule has 0 rings (SSSR count). The summed E-state index contributed by atoms with van der Waals surface area (Å²) in [4.78, 5) is 11.2. The Hall–Kier alpha value is -0.220. The predicted molar refractivity (Wildman–Crippen MR) is 58.9 cm³/mol. The van der Waals surface area contributed by atoms with E-state index in [2.05, 4.69) is 19.2 Å². The van der Waals surface area contributed by atoms with E-state index in [0.29, 0.717) is 13.0 Å². The van der Waals surface area contributed by atoms with Gasteiger partial charge in [-0.1, -0.05) is 0 Å². The summed E-state index contributed by atoms with van der Waals surface area (Å²) in [5.41, 5.74) is 5.30. The fourth-order valence-corrected chi connectivity index (χ4v) is 0.951. The SMILES string of the molecule is CSC(C)(C)CNC(=O)CCCN. The smallest absolute Gasteiger partial charge is 0.220 e. The Kier molecular flexibility index (Phi) is 6.16. The lowest BCUT2D eigenvalue weighted by molar-refractivity contribution is -0.121. The second-order valence-corrected chi connectivity index (χ2v) is 5.15. The number of amides is 1. The molecule has 0 aliphatic carbocycles. The van der Waals surface area contributed by atoms with Crippen LogP contribution in [0.15, 0.2) is 0 Å². The maximum absolute atomic E-state index is 11.2. The molecule has 0 atom stereocenters. The van der Waals surface area contributed by atoms with Crippen LogP contribution in [0.4, 0.5) is 0 Å². The number of thioether (sulfide) groups is 1. The zero-order chi connectivity index (χ0) is 10.3. The lowest BCUT2D eigenvalue weighted by atomic mass is 10.2. The molecule has 78 valence electrons. The molecule has 1 amide bonds. The molecule has 0 saturated carbocycles. The molecule has 3 N–H and O–H groups in total. The van der Waals surface area contributed by atoms with Crippen molar-refractivity contribution in [1.29, 1.82) is 0 Å². The van der Waals surface area contributed by atoms with E-state index in [1.165, 1.54) is 0 Å². The van der Waals surface area contributed by atoms with Crippen molar-refractivity contribution in [2.45, 2.75) is 31.4 Å². The third kappa shape index (κ3) is 6.90. The molecule has 4 heteroatoms. The normalized spacial score (nSPS) is 11.4. The quantitative estimate of drug-likeness (QED) is 0.678. The number of nitrogens with two attached hydrogens (primary N) is 1. The van der Waals surface area contributed by atoms with E-state index in [1.54, 1.807) is 11.8 Å². The molecule has 0 aliphatic rings. The second-order valence-electron chi connectivity index (χ2n) is 3.63. The zero-order valence-electron chi connectivity index (χ0n) is 8.72. The van der Waals surface area contributed by atoms with Crippen molar-refractivity contribution >= 4 is 17.7 Å². The van der Waals surface area contributed by atoms with Crippen LogP contribution in [0.5, 0.6) is 0 Å². The van der Waals surface area contributed by atoms with Gasteiger partial charge in [-0.3, -0.25) is 4.79 Å². The van der Waals surface area contributed by atoms with Crippen LogP contribution in [0.25, 0.3) is 0 Å². The van der Waals surface area contributed by atoms with E-state index in [1.807, 2.05) is 6.26 Å². The van der Waals surface area contributed by atoms with E-state index in [4.69, 9.17) is 5.73 Å². The van der Waals surface area contributed by atoms with Gasteiger partial charge in [-0.15, -0.1) is 0 Å². The number of hydrogen-bond acceptors (Lipinski definition) is 3. The molecule has 0 aliphatic heterocycles. The Balaban J connectivity index is 3.57. The first-order chi connectivity index (χ1) is 6.02. The van der Waals surface area contributed by atoms with Crippen molar-refractivity contribution in [3.8, 4) is 0 Å². The summed E-state index contributed by atoms with van der Waals surface area (Å²) in [5.74, 6) is 0.104. The number of rotatable bonds is 6. The first kappa shape index (κ1) is 12.8. The number of hydrogen-bond donors (Lipinski definition) is 2. The first-order valence-electron chi connectivity index (χ1n) is 4.54. The molecule has 0 heterocycles. The van der Waals surface area contributed by atoms with E-state index in [-0.39, 0.29) is 10.7 Å². The van der Waals surface area contributed by atoms with Crippen molar-refractivity contribution in [2.24, 2.45) is 5.73 Å². The highest BCUT2D eigenvalue weighted by Gasteiger charge is 2.16. The zero-order valence-corrected chi connectivity index (χ0v) is 9.54. The summed E-state index contributed by atoms with van der Waals surface area (Å²) < 4.78 is 0.123. The summed E-state index contributed by atoms with van der Waals surface area (Å²) in [6, 6.07) is 0. The summed E-state index contributed by atoms with van der Waals surface area (Å²) in [6.45, 7) is 5.53. The molecule has 0 radical (unpaired) electrons. The van der Waals surface area contributed by atoms with Crippen molar-refractivity contribution in [3.63, 3.8) is 0 Å². The topological polar surface area (TPSA) is 55.1 Å². The maximum Gasteiger partial charge on any atom is 0.220 e. The third-order valence-corrected chi connectivity index (χ3v) is 3.12. The Bertz CT molecular complexity index is 160.